The van der Waals surface area contributed by atoms with E-state index in [9.17, 15) is 8.42 Å². The van der Waals surface area contributed by atoms with Crippen molar-refractivity contribution in [3.63, 3.8) is 0 Å². The quantitative estimate of drug-likeness (QED) is 0.745. The molecule has 0 amide bonds. The standard InChI is InChI=1S/C8H10BrNO2S2/c9-8-10-5-7(14(8,11)12)6-1-3-13-4-2-6/h5-6H,1-4H2. The molecular formula is C8H10BrNO2S2. The van der Waals surface area contributed by atoms with Crippen molar-refractivity contribution in [2.45, 2.75) is 12.8 Å². The number of allylic oxidation sites excluding steroid dienone is 1. The van der Waals surface area contributed by atoms with Crippen LogP contribution in [0, 0.1) is 5.92 Å². The van der Waals surface area contributed by atoms with Crippen LogP contribution in [0.3, 0.4) is 0 Å². The van der Waals surface area contributed by atoms with Gasteiger partial charge in [0.05, 0.1) is 4.91 Å². The van der Waals surface area contributed by atoms with E-state index in [1.165, 1.54) is 6.20 Å². The van der Waals surface area contributed by atoms with Gasteiger partial charge in [0, 0.05) is 6.20 Å². The highest BCUT2D eigenvalue weighted by Gasteiger charge is 2.34. The van der Waals surface area contributed by atoms with Gasteiger partial charge in [-0.05, 0) is 46.2 Å². The van der Waals surface area contributed by atoms with E-state index in [0.717, 1.165) is 24.3 Å². The lowest BCUT2D eigenvalue weighted by molar-refractivity contribution is 0.567. The number of rotatable bonds is 1. The van der Waals surface area contributed by atoms with Crippen LogP contribution in [0.15, 0.2) is 16.1 Å². The maximum Gasteiger partial charge on any atom is 0.228 e. The minimum atomic E-state index is -3.25. The predicted molar refractivity (Wildman–Crippen MR) is 63.4 cm³/mol. The fourth-order valence-corrected chi connectivity index (χ4v) is 4.68. The SMILES string of the molecule is O=S1(=O)C(C2CCSCC2)=CN=C1Br. The largest absolute Gasteiger partial charge is 0.236 e. The predicted octanol–water partition coefficient (Wildman–Crippen LogP) is 2.15. The Morgan fingerprint density at radius 2 is 2.07 bits per heavy atom. The summed E-state index contributed by atoms with van der Waals surface area (Å²) in [6, 6.07) is 0. The fourth-order valence-electron chi connectivity index (χ4n) is 1.66. The topological polar surface area (TPSA) is 46.5 Å². The van der Waals surface area contributed by atoms with Gasteiger partial charge < -0.3 is 0 Å². The average Bonchev–Trinajstić information content (AvgIpc) is 2.44. The molecule has 0 bridgehead atoms. The molecule has 3 nitrogen and oxygen atoms in total. The number of thioether (sulfide) groups is 1. The van der Waals surface area contributed by atoms with Crippen LogP contribution in [0.1, 0.15) is 12.8 Å². The molecule has 0 unspecified atom stereocenters. The highest BCUT2D eigenvalue weighted by atomic mass is 79.9. The molecule has 6 heteroatoms. The summed E-state index contributed by atoms with van der Waals surface area (Å²) in [6.07, 6.45) is 3.40. The Kier molecular flexibility index (Phi) is 3.04. The van der Waals surface area contributed by atoms with Crippen LogP contribution in [0.25, 0.3) is 0 Å². The zero-order valence-corrected chi connectivity index (χ0v) is 10.7. The molecule has 2 aliphatic heterocycles. The van der Waals surface area contributed by atoms with Crippen molar-refractivity contribution in [2.24, 2.45) is 10.9 Å². The summed E-state index contributed by atoms with van der Waals surface area (Å²) in [5.41, 5.74) is 0. The Morgan fingerprint density at radius 1 is 1.43 bits per heavy atom. The van der Waals surface area contributed by atoms with Crippen LogP contribution in [0.5, 0.6) is 0 Å². The monoisotopic (exact) mass is 295 g/mol. The molecule has 0 N–H and O–H groups in total. The first-order valence-electron chi connectivity index (χ1n) is 4.38. The van der Waals surface area contributed by atoms with Gasteiger partial charge in [-0.1, -0.05) is 0 Å². The fraction of sp³-hybridized carbons (Fsp3) is 0.625. The maximum atomic E-state index is 11.7. The average molecular weight is 296 g/mol. The minimum absolute atomic E-state index is 0.0678. The Labute approximate surface area is 96.1 Å². The molecule has 2 aliphatic rings. The van der Waals surface area contributed by atoms with Crippen molar-refractivity contribution < 1.29 is 8.42 Å². The van der Waals surface area contributed by atoms with Crippen LogP contribution < -0.4 is 0 Å². The Morgan fingerprint density at radius 3 is 2.57 bits per heavy atom. The van der Waals surface area contributed by atoms with Crippen molar-refractivity contribution >= 4 is 41.5 Å². The first-order valence-corrected chi connectivity index (χ1v) is 7.81. The molecule has 0 radical (unpaired) electrons. The molecular weight excluding hydrogens is 286 g/mol. The summed E-state index contributed by atoms with van der Waals surface area (Å²) in [6.45, 7) is 0. The molecule has 1 saturated heterocycles. The number of sulfone groups is 1. The summed E-state index contributed by atoms with van der Waals surface area (Å²) in [5, 5.41) is 0. The van der Waals surface area contributed by atoms with Crippen molar-refractivity contribution in [3.8, 4) is 0 Å². The molecule has 0 spiro atoms. The van der Waals surface area contributed by atoms with Crippen molar-refractivity contribution in [1.82, 2.24) is 0 Å². The Hall–Kier alpha value is 0.190. The van der Waals surface area contributed by atoms with E-state index in [1.54, 1.807) is 0 Å². The van der Waals surface area contributed by atoms with Crippen molar-refractivity contribution in [1.29, 1.82) is 0 Å². The molecule has 2 rings (SSSR count). The van der Waals surface area contributed by atoms with Gasteiger partial charge in [-0.2, -0.15) is 11.8 Å². The zero-order chi connectivity index (χ0) is 10.2. The summed E-state index contributed by atoms with van der Waals surface area (Å²) < 4.78 is 23.5. The highest BCUT2D eigenvalue weighted by Crippen LogP contribution is 2.35. The molecule has 14 heavy (non-hydrogen) atoms. The van der Waals surface area contributed by atoms with E-state index in [1.807, 2.05) is 11.8 Å². The van der Waals surface area contributed by atoms with E-state index in [2.05, 4.69) is 20.9 Å². The normalized spacial score (nSPS) is 27.2. The maximum absolute atomic E-state index is 11.7. The smallest absolute Gasteiger partial charge is 0.228 e. The van der Waals surface area contributed by atoms with E-state index in [0.29, 0.717) is 4.91 Å². The number of aliphatic imine (C=N–C) groups is 1. The van der Waals surface area contributed by atoms with Gasteiger partial charge in [0.2, 0.25) is 13.8 Å². The van der Waals surface area contributed by atoms with Gasteiger partial charge in [0.1, 0.15) is 0 Å². The molecule has 2 heterocycles. The van der Waals surface area contributed by atoms with E-state index >= 15 is 0 Å². The molecule has 0 aliphatic carbocycles. The van der Waals surface area contributed by atoms with Crippen LogP contribution in [0.2, 0.25) is 0 Å². The third kappa shape index (κ3) is 1.79. The van der Waals surface area contributed by atoms with Gasteiger partial charge in [-0.15, -0.1) is 0 Å². The molecule has 78 valence electrons. The lowest BCUT2D eigenvalue weighted by Gasteiger charge is -2.21. The highest BCUT2D eigenvalue weighted by molar-refractivity contribution is 9.21. The first-order chi connectivity index (χ1) is 6.62. The van der Waals surface area contributed by atoms with Gasteiger partial charge >= 0.3 is 0 Å². The third-order valence-electron chi connectivity index (χ3n) is 2.45. The first kappa shape index (κ1) is 10.7. The van der Waals surface area contributed by atoms with Crippen molar-refractivity contribution in [2.75, 3.05) is 11.5 Å². The number of hydrogen-bond acceptors (Lipinski definition) is 4. The van der Waals surface area contributed by atoms with Crippen molar-refractivity contribution in [3.05, 3.63) is 11.1 Å². The van der Waals surface area contributed by atoms with Gasteiger partial charge in [0.25, 0.3) is 0 Å². The number of nitrogens with zero attached hydrogens (tertiary/aromatic N) is 1. The van der Waals surface area contributed by atoms with Crippen LogP contribution in [0.4, 0.5) is 0 Å². The number of hydrogen-bond donors (Lipinski definition) is 0. The molecule has 0 aromatic rings. The zero-order valence-electron chi connectivity index (χ0n) is 7.44. The van der Waals surface area contributed by atoms with E-state index in [4.69, 9.17) is 0 Å². The summed E-state index contributed by atoms with van der Waals surface area (Å²) in [4.78, 5) is 4.33. The lowest BCUT2D eigenvalue weighted by atomic mass is 10.0. The summed E-state index contributed by atoms with van der Waals surface area (Å²) in [7, 11) is -3.25. The Bertz CT molecular complexity index is 394. The molecule has 0 aromatic carbocycles. The Balaban J connectivity index is 2.22. The minimum Gasteiger partial charge on any atom is -0.236 e. The second kappa shape index (κ2) is 3.98. The molecule has 0 atom stereocenters. The lowest BCUT2D eigenvalue weighted by Crippen LogP contribution is -2.18. The van der Waals surface area contributed by atoms with Crippen LogP contribution >= 0.6 is 27.7 Å². The molecule has 0 saturated carbocycles. The number of halogens is 1. The molecule has 1 fully saturated rings. The summed E-state index contributed by atoms with van der Waals surface area (Å²) in [5.74, 6) is 2.28. The third-order valence-corrected chi connectivity index (χ3v) is 6.59. The van der Waals surface area contributed by atoms with Gasteiger partial charge in [-0.3, -0.25) is 0 Å². The van der Waals surface area contributed by atoms with Gasteiger partial charge in [-0.25, -0.2) is 13.4 Å². The second-order valence-corrected chi connectivity index (χ2v) is 7.67. The van der Waals surface area contributed by atoms with E-state index in [-0.39, 0.29) is 9.87 Å². The molecule has 0 aromatic heterocycles. The second-order valence-electron chi connectivity index (χ2n) is 3.30. The summed E-state index contributed by atoms with van der Waals surface area (Å²) >= 11 is 4.86. The van der Waals surface area contributed by atoms with E-state index < -0.39 is 9.84 Å². The van der Waals surface area contributed by atoms with Crippen LogP contribution in [-0.4, -0.2) is 23.9 Å². The van der Waals surface area contributed by atoms with Gasteiger partial charge in [0.15, 0.2) is 0 Å². The van der Waals surface area contributed by atoms with Crippen LogP contribution in [-0.2, 0) is 9.84 Å².